The molecule has 0 aromatic carbocycles. The third-order valence-corrected chi connectivity index (χ3v) is 2.69. The van der Waals surface area contributed by atoms with E-state index in [9.17, 15) is 4.79 Å². The van der Waals surface area contributed by atoms with Gasteiger partial charge in [0, 0.05) is 27.2 Å². The summed E-state index contributed by atoms with van der Waals surface area (Å²) in [5.74, 6) is 0.195. The Hall–Kier alpha value is -0.610. The van der Waals surface area contributed by atoms with E-state index >= 15 is 0 Å². The number of hydrogen-bond donors (Lipinski definition) is 1. The van der Waals surface area contributed by atoms with Crippen LogP contribution in [0.15, 0.2) is 0 Å². The second kappa shape index (κ2) is 5.32. The molecule has 14 heavy (non-hydrogen) atoms. The van der Waals surface area contributed by atoms with Crippen LogP contribution in [0.4, 0.5) is 0 Å². The van der Waals surface area contributed by atoms with Gasteiger partial charge in [0.1, 0.15) is 0 Å². The van der Waals surface area contributed by atoms with E-state index in [0.29, 0.717) is 0 Å². The third-order valence-electron chi connectivity index (χ3n) is 2.69. The van der Waals surface area contributed by atoms with Gasteiger partial charge in [0.05, 0.1) is 6.04 Å². The van der Waals surface area contributed by atoms with Crippen molar-refractivity contribution in [2.75, 3.05) is 33.8 Å². The fourth-order valence-corrected chi connectivity index (χ4v) is 1.95. The first-order valence-electron chi connectivity index (χ1n) is 5.23. The van der Waals surface area contributed by atoms with Crippen molar-refractivity contribution < 1.29 is 9.90 Å². The average molecular weight is 200 g/mol. The standard InChI is InChI=1S/C10H20N2O2/c1-11(2)10(14)9-5-3-6-12(9)7-4-8-13/h9,13H,3-8H2,1-2H3/t9-/m0/s1. The van der Waals surface area contributed by atoms with Crippen molar-refractivity contribution in [1.82, 2.24) is 9.80 Å². The van der Waals surface area contributed by atoms with Gasteiger partial charge in [-0.25, -0.2) is 0 Å². The number of likely N-dealkylation sites (N-methyl/N-ethyl adjacent to an activating group) is 1. The van der Waals surface area contributed by atoms with Crippen LogP contribution >= 0.6 is 0 Å². The number of likely N-dealkylation sites (tertiary alicyclic amines) is 1. The minimum atomic E-state index is 0.0524. The second-order valence-corrected chi connectivity index (χ2v) is 4.00. The van der Waals surface area contributed by atoms with Gasteiger partial charge in [-0.1, -0.05) is 0 Å². The molecule has 1 aliphatic heterocycles. The van der Waals surface area contributed by atoms with Crippen LogP contribution in [0, 0.1) is 0 Å². The van der Waals surface area contributed by atoms with Crippen LogP contribution in [0.5, 0.6) is 0 Å². The predicted octanol–water partition coefficient (Wildman–Crippen LogP) is -0.0786. The zero-order valence-corrected chi connectivity index (χ0v) is 9.07. The molecule has 0 aliphatic carbocycles. The fourth-order valence-electron chi connectivity index (χ4n) is 1.95. The van der Waals surface area contributed by atoms with Gasteiger partial charge in [-0.05, 0) is 25.8 Å². The summed E-state index contributed by atoms with van der Waals surface area (Å²) in [6.45, 7) is 2.03. The minimum Gasteiger partial charge on any atom is -0.396 e. The van der Waals surface area contributed by atoms with Gasteiger partial charge in [0.15, 0.2) is 0 Å². The Kier molecular flexibility index (Phi) is 4.35. The van der Waals surface area contributed by atoms with E-state index in [1.165, 1.54) is 0 Å². The summed E-state index contributed by atoms with van der Waals surface area (Å²) in [6, 6.07) is 0.0524. The maximum absolute atomic E-state index is 11.7. The van der Waals surface area contributed by atoms with E-state index < -0.39 is 0 Å². The minimum absolute atomic E-state index is 0.0524. The Labute approximate surface area is 85.5 Å². The smallest absolute Gasteiger partial charge is 0.239 e. The lowest BCUT2D eigenvalue weighted by atomic mass is 10.2. The van der Waals surface area contributed by atoms with Crippen molar-refractivity contribution in [3.63, 3.8) is 0 Å². The number of nitrogens with zero attached hydrogens (tertiary/aromatic N) is 2. The monoisotopic (exact) mass is 200 g/mol. The molecule has 0 saturated carbocycles. The van der Waals surface area contributed by atoms with E-state index in [4.69, 9.17) is 5.11 Å². The highest BCUT2D eigenvalue weighted by molar-refractivity contribution is 5.81. The summed E-state index contributed by atoms with van der Waals surface area (Å²) in [5, 5.41) is 8.74. The van der Waals surface area contributed by atoms with Crippen molar-refractivity contribution >= 4 is 5.91 Å². The van der Waals surface area contributed by atoms with Crippen LogP contribution in [0.25, 0.3) is 0 Å². The highest BCUT2D eigenvalue weighted by Crippen LogP contribution is 2.18. The first-order chi connectivity index (χ1) is 6.66. The quantitative estimate of drug-likeness (QED) is 0.690. The molecule has 1 fully saturated rings. The Morgan fingerprint density at radius 1 is 1.57 bits per heavy atom. The first kappa shape index (κ1) is 11.5. The molecular weight excluding hydrogens is 180 g/mol. The molecule has 0 bridgehead atoms. The summed E-state index contributed by atoms with van der Waals surface area (Å²) >= 11 is 0. The number of amides is 1. The number of hydrogen-bond acceptors (Lipinski definition) is 3. The Morgan fingerprint density at radius 3 is 2.86 bits per heavy atom. The normalized spacial score (nSPS) is 22.6. The highest BCUT2D eigenvalue weighted by Gasteiger charge is 2.30. The van der Waals surface area contributed by atoms with E-state index in [-0.39, 0.29) is 18.6 Å². The molecule has 1 atom stereocenters. The van der Waals surface area contributed by atoms with E-state index in [1.807, 2.05) is 0 Å². The molecule has 0 radical (unpaired) electrons. The predicted molar refractivity (Wildman–Crippen MR) is 55.0 cm³/mol. The number of aliphatic hydroxyl groups excluding tert-OH is 1. The second-order valence-electron chi connectivity index (χ2n) is 4.00. The largest absolute Gasteiger partial charge is 0.396 e. The third kappa shape index (κ3) is 2.69. The van der Waals surface area contributed by atoms with Gasteiger partial charge in [0.25, 0.3) is 0 Å². The van der Waals surface area contributed by atoms with Gasteiger partial charge in [-0.3, -0.25) is 9.69 Å². The lowest BCUT2D eigenvalue weighted by Gasteiger charge is -2.25. The van der Waals surface area contributed by atoms with Crippen LogP contribution in [-0.4, -0.2) is 60.6 Å². The zero-order valence-electron chi connectivity index (χ0n) is 9.07. The molecule has 1 heterocycles. The van der Waals surface area contributed by atoms with Gasteiger partial charge >= 0.3 is 0 Å². The molecule has 0 unspecified atom stereocenters. The molecule has 1 amide bonds. The van der Waals surface area contributed by atoms with Crippen molar-refractivity contribution in [2.24, 2.45) is 0 Å². The van der Waals surface area contributed by atoms with Crippen molar-refractivity contribution in [3.05, 3.63) is 0 Å². The van der Waals surface area contributed by atoms with Crippen LogP contribution < -0.4 is 0 Å². The lowest BCUT2D eigenvalue weighted by Crippen LogP contribution is -2.43. The summed E-state index contributed by atoms with van der Waals surface area (Å²) in [7, 11) is 3.59. The molecular formula is C10H20N2O2. The Bertz CT molecular complexity index is 195. The van der Waals surface area contributed by atoms with E-state index in [0.717, 1.165) is 32.4 Å². The number of rotatable bonds is 4. The maximum atomic E-state index is 11.7. The molecule has 1 saturated heterocycles. The molecule has 82 valence electrons. The van der Waals surface area contributed by atoms with Crippen LogP contribution in [0.2, 0.25) is 0 Å². The van der Waals surface area contributed by atoms with Gasteiger partial charge < -0.3 is 10.0 Å². The molecule has 1 aliphatic rings. The Morgan fingerprint density at radius 2 is 2.29 bits per heavy atom. The Balaban J connectivity index is 2.46. The lowest BCUT2D eigenvalue weighted by molar-refractivity contribution is -0.133. The molecule has 0 aromatic heterocycles. The fraction of sp³-hybridized carbons (Fsp3) is 0.900. The first-order valence-corrected chi connectivity index (χ1v) is 5.23. The summed E-state index contributed by atoms with van der Waals surface area (Å²) < 4.78 is 0. The van der Waals surface area contributed by atoms with E-state index in [1.54, 1.807) is 19.0 Å². The maximum Gasteiger partial charge on any atom is 0.239 e. The number of aliphatic hydroxyl groups is 1. The summed E-state index contributed by atoms with van der Waals surface area (Å²) in [6.07, 6.45) is 2.81. The number of carbonyl (C=O) groups is 1. The van der Waals surface area contributed by atoms with Crippen LogP contribution in [-0.2, 0) is 4.79 Å². The molecule has 1 rings (SSSR count). The molecule has 0 aromatic rings. The van der Waals surface area contributed by atoms with Gasteiger partial charge in [0.2, 0.25) is 5.91 Å². The SMILES string of the molecule is CN(C)C(=O)[C@@H]1CCCN1CCCO. The topological polar surface area (TPSA) is 43.8 Å². The summed E-state index contributed by atoms with van der Waals surface area (Å²) in [4.78, 5) is 15.6. The van der Waals surface area contributed by atoms with Crippen molar-refractivity contribution in [1.29, 1.82) is 0 Å². The van der Waals surface area contributed by atoms with E-state index in [2.05, 4.69) is 4.90 Å². The molecule has 0 spiro atoms. The molecule has 4 heteroatoms. The average Bonchev–Trinajstić information content (AvgIpc) is 2.61. The van der Waals surface area contributed by atoms with Gasteiger partial charge in [-0.2, -0.15) is 0 Å². The van der Waals surface area contributed by atoms with Crippen molar-refractivity contribution in [2.45, 2.75) is 25.3 Å². The molecule has 1 N–H and O–H groups in total. The highest BCUT2D eigenvalue weighted by atomic mass is 16.3. The van der Waals surface area contributed by atoms with Crippen LogP contribution in [0.1, 0.15) is 19.3 Å². The molecule has 4 nitrogen and oxygen atoms in total. The van der Waals surface area contributed by atoms with Crippen molar-refractivity contribution in [3.8, 4) is 0 Å². The zero-order chi connectivity index (χ0) is 10.6. The number of carbonyl (C=O) groups excluding carboxylic acids is 1. The van der Waals surface area contributed by atoms with Gasteiger partial charge in [-0.15, -0.1) is 0 Å². The van der Waals surface area contributed by atoms with Crippen LogP contribution in [0.3, 0.4) is 0 Å². The summed E-state index contributed by atoms with van der Waals surface area (Å²) in [5.41, 5.74) is 0.